The molecule has 1 aliphatic carbocycles. The van der Waals surface area contributed by atoms with Crippen molar-refractivity contribution in [1.29, 1.82) is 0 Å². The Morgan fingerprint density at radius 1 is 0.939 bits per heavy atom. The summed E-state index contributed by atoms with van der Waals surface area (Å²) in [5, 5.41) is 13.5. The fraction of sp³-hybridized carbons (Fsp3) is 0.526. The first-order valence-corrected chi connectivity index (χ1v) is 18.0. The number of likely N-dealkylation sites (tertiary alicyclic amines) is 2. The highest BCUT2D eigenvalue weighted by atomic mass is 16.5. The summed E-state index contributed by atoms with van der Waals surface area (Å²) >= 11 is 0. The van der Waals surface area contributed by atoms with Crippen LogP contribution in [0, 0.1) is 5.41 Å². The quantitative estimate of drug-likeness (QED) is 0.275. The Balaban J connectivity index is 1.01. The maximum Gasteiger partial charge on any atom is 0.258 e. The molecular weight excluding hydrogens is 616 g/mol. The van der Waals surface area contributed by atoms with Crippen molar-refractivity contribution in [1.82, 2.24) is 29.3 Å². The summed E-state index contributed by atoms with van der Waals surface area (Å²) < 4.78 is 7.71. The summed E-state index contributed by atoms with van der Waals surface area (Å²) in [4.78, 5) is 35.2. The van der Waals surface area contributed by atoms with Gasteiger partial charge >= 0.3 is 0 Å². The zero-order chi connectivity index (χ0) is 33.5. The summed E-state index contributed by atoms with van der Waals surface area (Å²) in [5.74, 6) is 0.923. The number of nitrogens with one attached hydrogen (secondary N) is 1. The van der Waals surface area contributed by atoms with Crippen molar-refractivity contribution in [3.63, 3.8) is 0 Å². The molecule has 49 heavy (non-hydrogen) atoms. The molecule has 0 atom stereocenters. The maximum atomic E-state index is 13.8. The number of aliphatic hydroxyl groups excluding tert-OH is 1. The van der Waals surface area contributed by atoms with E-state index in [0.29, 0.717) is 34.4 Å². The lowest BCUT2D eigenvalue weighted by atomic mass is 9.71. The topological polar surface area (TPSA) is 112 Å². The minimum Gasteiger partial charge on any atom is -0.496 e. The Bertz CT molecular complexity index is 1790. The highest BCUT2D eigenvalue weighted by Gasteiger charge is 2.46. The number of rotatable bonds is 7. The SMILES string of the molecule is COc1ccncc1-c1cc(C(=O)Nc2nc3ccc(N4CCC(N5CC6(CCN(C)CC6)C5)CC4)cc3n2[C@H]2CC[C@@H](O)CC2)ccn1. The Morgan fingerprint density at radius 3 is 2.47 bits per heavy atom. The van der Waals surface area contributed by atoms with Crippen LogP contribution in [0.4, 0.5) is 11.6 Å². The van der Waals surface area contributed by atoms with Gasteiger partial charge in [-0.3, -0.25) is 25.0 Å². The molecule has 4 fully saturated rings. The molecule has 0 unspecified atom stereocenters. The fourth-order valence-electron chi connectivity index (χ4n) is 8.67. The largest absolute Gasteiger partial charge is 0.496 e. The minimum atomic E-state index is -0.277. The molecule has 0 bridgehead atoms. The van der Waals surface area contributed by atoms with Gasteiger partial charge in [0.15, 0.2) is 0 Å². The van der Waals surface area contributed by atoms with Gasteiger partial charge in [0.1, 0.15) is 5.75 Å². The predicted molar refractivity (Wildman–Crippen MR) is 191 cm³/mol. The van der Waals surface area contributed by atoms with E-state index in [1.54, 1.807) is 43.9 Å². The van der Waals surface area contributed by atoms with Crippen LogP contribution in [0.2, 0.25) is 0 Å². The Morgan fingerprint density at radius 2 is 1.71 bits per heavy atom. The first-order valence-electron chi connectivity index (χ1n) is 18.0. The number of pyridine rings is 2. The van der Waals surface area contributed by atoms with Crippen molar-refractivity contribution in [3.8, 4) is 17.0 Å². The molecule has 1 aromatic carbocycles. The Kier molecular flexibility index (Phi) is 8.75. The number of hydrogen-bond acceptors (Lipinski definition) is 9. The zero-order valence-corrected chi connectivity index (χ0v) is 28.7. The van der Waals surface area contributed by atoms with Crippen LogP contribution >= 0.6 is 0 Å². The van der Waals surface area contributed by atoms with Crippen molar-refractivity contribution >= 4 is 28.6 Å². The van der Waals surface area contributed by atoms with Crippen LogP contribution in [0.3, 0.4) is 0 Å². The number of benzene rings is 1. The first kappa shape index (κ1) is 32.2. The number of amides is 1. The van der Waals surface area contributed by atoms with Crippen LogP contribution in [-0.2, 0) is 0 Å². The highest BCUT2D eigenvalue weighted by Crippen LogP contribution is 2.43. The Hall–Kier alpha value is -4.06. The summed E-state index contributed by atoms with van der Waals surface area (Å²) in [6.07, 6.45) is 12.9. The zero-order valence-electron chi connectivity index (χ0n) is 28.7. The lowest BCUT2D eigenvalue weighted by Crippen LogP contribution is -2.63. The predicted octanol–water partition coefficient (Wildman–Crippen LogP) is 5.23. The maximum absolute atomic E-state index is 13.8. The monoisotopic (exact) mass is 664 g/mol. The van der Waals surface area contributed by atoms with E-state index >= 15 is 0 Å². The Labute approximate surface area is 288 Å². The molecule has 6 heterocycles. The summed E-state index contributed by atoms with van der Waals surface area (Å²) in [5.41, 5.74) is 5.47. The highest BCUT2D eigenvalue weighted by molar-refractivity contribution is 6.04. The number of fused-ring (bicyclic) bond motifs is 1. The molecule has 11 heteroatoms. The summed E-state index contributed by atoms with van der Waals surface area (Å²) in [6.45, 7) is 7.12. The number of methoxy groups -OCH3 is 1. The molecule has 3 saturated heterocycles. The third-order valence-electron chi connectivity index (χ3n) is 11.7. The van der Waals surface area contributed by atoms with Gasteiger partial charge in [-0.1, -0.05) is 0 Å². The lowest BCUT2D eigenvalue weighted by molar-refractivity contribution is -0.0704. The molecule has 4 aliphatic rings. The van der Waals surface area contributed by atoms with Crippen molar-refractivity contribution in [3.05, 3.63) is 60.6 Å². The van der Waals surface area contributed by atoms with Crippen LogP contribution in [0.25, 0.3) is 22.3 Å². The number of aliphatic hydroxyl groups is 1. The number of piperidine rings is 2. The van der Waals surface area contributed by atoms with Crippen molar-refractivity contribution in [2.45, 2.75) is 69.6 Å². The van der Waals surface area contributed by atoms with E-state index in [1.165, 1.54) is 57.5 Å². The smallest absolute Gasteiger partial charge is 0.258 e. The van der Waals surface area contributed by atoms with Gasteiger partial charge in [-0.05, 0) is 113 Å². The van der Waals surface area contributed by atoms with Crippen LogP contribution in [-0.4, -0.2) is 106 Å². The fourth-order valence-corrected chi connectivity index (χ4v) is 8.67. The number of ether oxygens (including phenoxy) is 1. The summed E-state index contributed by atoms with van der Waals surface area (Å²) in [6, 6.07) is 12.6. The van der Waals surface area contributed by atoms with Gasteiger partial charge < -0.3 is 24.2 Å². The van der Waals surface area contributed by atoms with E-state index in [-0.39, 0.29) is 18.1 Å². The number of anilines is 2. The molecular formula is C38H48N8O3. The molecule has 1 spiro atoms. The van der Waals surface area contributed by atoms with Gasteiger partial charge in [-0.2, -0.15) is 0 Å². The second-order valence-electron chi connectivity index (χ2n) is 14.8. The van der Waals surface area contributed by atoms with E-state index in [1.807, 2.05) is 0 Å². The van der Waals surface area contributed by atoms with E-state index < -0.39 is 0 Å². The molecule has 4 aromatic rings. The second-order valence-corrected chi connectivity index (χ2v) is 14.8. The molecule has 1 saturated carbocycles. The number of aromatic nitrogens is 4. The first-order chi connectivity index (χ1) is 23.9. The van der Waals surface area contributed by atoms with Gasteiger partial charge in [0.05, 0.1) is 35.5 Å². The molecule has 258 valence electrons. The number of imidazole rings is 1. The molecule has 2 N–H and O–H groups in total. The van der Waals surface area contributed by atoms with E-state index in [4.69, 9.17) is 9.72 Å². The summed E-state index contributed by atoms with van der Waals surface area (Å²) in [7, 11) is 3.86. The third kappa shape index (κ3) is 6.39. The average Bonchev–Trinajstić information content (AvgIpc) is 3.48. The molecule has 1 amide bonds. The van der Waals surface area contributed by atoms with Crippen molar-refractivity contribution in [2.24, 2.45) is 5.41 Å². The van der Waals surface area contributed by atoms with Crippen molar-refractivity contribution in [2.75, 3.05) is 63.6 Å². The molecule has 3 aromatic heterocycles. The van der Waals surface area contributed by atoms with Crippen LogP contribution in [0.5, 0.6) is 5.75 Å². The standard InChI is InChI=1S/C38H48N8O3/c1-43-19-13-38(14-20-43)24-45(25-38)27-11-17-44(18-12-27)29-5-8-32-34(22-29)46(28-3-6-30(47)7-4-28)37(41-32)42-36(48)26-9-16-40-33(21-26)31-23-39-15-10-35(31)49-2/h5,8-10,15-16,21-23,27-28,30,47H,3-4,6-7,11-14,17-20,24-25H2,1-2H3,(H,41,42,48)/t28-,30+. The van der Waals surface area contributed by atoms with Gasteiger partial charge in [0.25, 0.3) is 5.91 Å². The normalized spacial score (nSPS) is 23.4. The second kappa shape index (κ2) is 13.3. The van der Waals surface area contributed by atoms with Crippen molar-refractivity contribution < 1.29 is 14.6 Å². The molecule has 8 rings (SSSR count). The van der Waals surface area contributed by atoms with E-state index in [9.17, 15) is 9.90 Å². The van der Waals surface area contributed by atoms with Gasteiger partial charge in [-0.25, -0.2) is 4.98 Å². The average molecular weight is 665 g/mol. The number of carbonyl (C=O) groups is 1. The minimum absolute atomic E-state index is 0.135. The lowest BCUT2D eigenvalue weighted by Gasteiger charge is -2.57. The van der Waals surface area contributed by atoms with Crippen LogP contribution < -0.4 is 15.0 Å². The third-order valence-corrected chi connectivity index (χ3v) is 11.7. The van der Waals surface area contributed by atoms with E-state index in [0.717, 1.165) is 55.4 Å². The number of hydrogen-bond donors (Lipinski definition) is 2. The van der Waals surface area contributed by atoms with E-state index in [2.05, 4.69) is 59.8 Å². The molecule has 3 aliphatic heterocycles. The van der Waals surface area contributed by atoms with Crippen LogP contribution in [0.15, 0.2) is 55.0 Å². The van der Waals surface area contributed by atoms with Gasteiger partial charge in [0, 0.05) is 68.1 Å². The van der Waals surface area contributed by atoms with Gasteiger partial charge in [-0.15, -0.1) is 0 Å². The molecule has 0 radical (unpaired) electrons. The number of carbonyl (C=O) groups excluding carboxylic acids is 1. The van der Waals surface area contributed by atoms with Gasteiger partial charge in [0.2, 0.25) is 5.95 Å². The number of nitrogens with zero attached hydrogens (tertiary/aromatic N) is 7. The van der Waals surface area contributed by atoms with Crippen LogP contribution in [0.1, 0.15) is 67.8 Å². The molecule has 11 nitrogen and oxygen atoms in total.